The Bertz CT molecular complexity index is 13.5. The molecule has 0 N–H and O–H groups in total. The summed E-state index contributed by atoms with van der Waals surface area (Å²) >= 11 is 0. The predicted octanol–water partition coefficient (Wildman–Crippen LogP) is -1.38. The van der Waals surface area contributed by atoms with Crippen LogP contribution in [0.2, 0.25) is 0 Å². The summed E-state index contributed by atoms with van der Waals surface area (Å²) in [6.07, 6.45) is 0. The van der Waals surface area contributed by atoms with Gasteiger partial charge in [-0.2, -0.15) is 0 Å². The van der Waals surface area contributed by atoms with E-state index in [4.69, 9.17) is 0 Å². The molecular formula is GaGeO2SnZn. The molecule has 25 valence electrons. The minimum absolute atomic E-state index is 0. The minimum atomic E-state index is 0. The summed E-state index contributed by atoms with van der Waals surface area (Å²) in [5.41, 5.74) is 0. The first-order valence-corrected chi connectivity index (χ1v) is 0. The van der Waals surface area contributed by atoms with Gasteiger partial charge in [-0.3, -0.25) is 0 Å². The second kappa shape index (κ2) is 50.3. The first kappa shape index (κ1) is 75.8. The molecule has 0 aromatic heterocycles. The van der Waals surface area contributed by atoms with Crippen LogP contribution in [0.5, 0.6) is 0 Å². The van der Waals surface area contributed by atoms with Gasteiger partial charge in [0.1, 0.15) is 0 Å². The Labute approximate surface area is 90.6 Å². The zero-order valence-electron chi connectivity index (χ0n) is 3.10. The molecule has 0 aromatic rings. The molecule has 6 heteroatoms. The Morgan fingerprint density at radius 1 is 0.833 bits per heavy atom. The first-order chi connectivity index (χ1) is 0. The third-order valence-electron chi connectivity index (χ3n) is 0. The zero-order valence-corrected chi connectivity index (χ0v) is 13.4. The summed E-state index contributed by atoms with van der Waals surface area (Å²) in [7, 11) is 0. The Hall–Kier alpha value is 2.52. The van der Waals surface area contributed by atoms with Crippen molar-refractivity contribution in [1.82, 2.24) is 0 Å². The van der Waals surface area contributed by atoms with Gasteiger partial charge >= 0.3 is 23.9 Å². The van der Waals surface area contributed by atoms with Crippen LogP contribution in [-0.2, 0) is 30.4 Å². The molecule has 0 rings (SSSR count). The normalized spacial score (nSPS) is 0. The van der Waals surface area contributed by atoms with Gasteiger partial charge in [-0.25, -0.2) is 0 Å². The van der Waals surface area contributed by atoms with E-state index in [9.17, 15) is 0 Å². The summed E-state index contributed by atoms with van der Waals surface area (Å²) in [5.74, 6) is 0. The summed E-state index contributed by atoms with van der Waals surface area (Å²) in [6, 6.07) is 0. The second-order valence-corrected chi connectivity index (χ2v) is 0. The van der Waals surface area contributed by atoms with Gasteiger partial charge in [-0.15, -0.1) is 0 Å². The SMILES string of the molecule is [Ga].[Ge].[O-2].[O-2].[Sn+4].[Zn]. The van der Waals surface area contributed by atoms with Gasteiger partial charge in [0.15, 0.2) is 0 Å². The van der Waals surface area contributed by atoms with E-state index in [-0.39, 0.29) is 91.7 Å². The van der Waals surface area contributed by atoms with Crippen molar-refractivity contribution in [3.63, 3.8) is 0 Å². The molecule has 0 spiro atoms. The van der Waals surface area contributed by atoms with Crippen LogP contribution >= 0.6 is 0 Å². The Balaban J connectivity index is 0. The predicted molar refractivity (Wildman–Crippen MR) is 18.6 cm³/mol. The van der Waals surface area contributed by atoms with Gasteiger partial charge in [-0.1, -0.05) is 0 Å². The molecule has 0 aliphatic rings. The fourth-order valence-electron chi connectivity index (χ4n) is 0. The van der Waals surface area contributed by atoms with Crippen LogP contribution in [0.1, 0.15) is 0 Å². The van der Waals surface area contributed by atoms with Gasteiger partial charge in [0.05, 0.1) is 0 Å². The Morgan fingerprint density at radius 2 is 0.833 bits per heavy atom. The monoisotopic (exact) mass is 359 g/mol. The van der Waals surface area contributed by atoms with Crippen molar-refractivity contribution in [2.45, 2.75) is 0 Å². The van der Waals surface area contributed by atoms with E-state index in [0.29, 0.717) is 0 Å². The molecule has 0 atom stereocenters. The van der Waals surface area contributed by atoms with Gasteiger partial charge in [0.25, 0.3) is 0 Å². The van der Waals surface area contributed by atoms with E-state index in [2.05, 4.69) is 0 Å². The summed E-state index contributed by atoms with van der Waals surface area (Å²) in [4.78, 5) is 0. The molecule has 0 fully saturated rings. The molecule has 0 aromatic carbocycles. The molecule has 0 heterocycles. The van der Waals surface area contributed by atoms with E-state index in [1.54, 1.807) is 0 Å². The van der Waals surface area contributed by atoms with Gasteiger partial charge < -0.3 is 11.0 Å². The number of hydrogen-bond donors (Lipinski definition) is 0. The maximum atomic E-state index is 0. The third-order valence-corrected chi connectivity index (χ3v) is 0. The zero-order chi connectivity index (χ0) is 0. The van der Waals surface area contributed by atoms with E-state index < -0.39 is 0 Å². The van der Waals surface area contributed by atoms with Crippen LogP contribution in [0.3, 0.4) is 0 Å². The average molecular weight is 358 g/mol. The maximum absolute atomic E-state index is 0. The average Bonchev–Trinajstić information content (AvgIpc) is 0. The van der Waals surface area contributed by atoms with Gasteiger partial charge in [0.2, 0.25) is 0 Å². The molecule has 6 heavy (non-hydrogen) atoms. The van der Waals surface area contributed by atoms with Crippen LogP contribution in [0.4, 0.5) is 0 Å². The molecule has 0 saturated heterocycles. The van der Waals surface area contributed by atoms with E-state index in [1.165, 1.54) is 0 Å². The summed E-state index contributed by atoms with van der Waals surface area (Å²) < 4.78 is 0. The van der Waals surface area contributed by atoms with Crippen LogP contribution in [0.25, 0.3) is 0 Å². The molecule has 0 amide bonds. The van der Waals surface area contributed by atoms with Crippen molar-refractivity contribution >= 4 is 61.3 Å². The fourth-order valence-corrected chi connectivity index (χ4v) is 0. The van der Waals surface area contributed by atoms with Crippen LogP contribution in [0.15, 0.2) is 0 Å². The van der Waals surface area contributed by atoms with E-state index >= 15 is 0 Å². The molecule has 2 nitrogen and oxygen atoms in total. The molecule has 0 unspecified atom stereocenters. The molecule has 7 radical (unpaired) electrons. The quantitative estimate of drug-likeness (QED) is 0.479. The first-order valence-electron chi connectivity index (χ1n) is 0. The number of rotatable bonds is 0. The second-order valence-electron chi connectivity index (χ2n) is 0. The smallest absolute Gasteiger partial charge is 2.00 e. The minimum Gasteiger partial charge on any atom is -2.00 e. The Kier molecular flexibility index (Phi) is 636. The van der Waals surface area contributed by atoms with Crippen LogP contribution in [0, 0.1) is 0 Å². The summed E-state index contributed by atoms with van der Waals surface area (Å²) in [5, 5.41) is 0. The van der Waals surface area contributed by atoms with E-state index in [1.807, 2.05) is 0 Å². The van der Waals surface area contributed by atoms with Crippen molar-refractivity contribution < 1.29 is 30.4 Å². The summed E-state index contributed by atoms with van der Waals surface area (Å²) in [6.45, 7) is 0. The maximum Gasteiger partial charge on any atom is 4.00 e. The molecule has 0 aliphatic heterocycles. The fraction of sp³-hybridized carbons (Fsp3) is 0. The van der Waals surface area contributed by atoms with Crippen LogP contribution in [-0.4, -0.2) is 61.3 Å². The molecule has 0 saturated carbocycles. The third kappa shape index (κ3) is 31.3. The van der Waals surface area contributed by atoms with E-state index in [0.717, 1.165) is 0 Å². The van der Waals surface area contributed by atoms with Crippen molar-refractivity contribution in [2.75, 3.05) is 0 Å². The Morgan fingerprint density at radius 3 is 0.833 bits per heavy atom. The van der Waals surface area contributed by atoms with Gasteiger partial charge in [0, 0.05) is 56.9 Å². The topological polar surface area (TPSA) is 57.0 Å². The van der Waals surface area contributed by atoms with Crippen LogP contribution < -0.4 is 0 Å². The van der Waals surface area contributed by atoms with Gasteiger partial charge in [-0.05, 0) is 0 Å². The molecule has 0 aliphatic carbocycles. The van der Waals surface area contributed by atoms with Crippen molar-refractivity contribution in [1.29, 1.82) is 0 Å². The van der Waals surface area contributed by atoms with Crippen molar-refractivity contribution in [3.05, 3.63) is 0 Å². The number of hydrogen-bond acceptors (Lipinski definition) is 0. The standard InChI is InChI=1S/Ga.Ge.2O.Sn.Zn/q;;2*-2;+4;. The molecular weight excluding hydrogens is 358 g/mol. The van der Waals surface area contributed by atoms with Crippen molar-refractivity contribution in [2.24, 2.45) is 0 Å². The van der Waals surface area contributed by atoms with Crippen molar-refractivity contribution in [3.8, 4) is 0 Å². The molecule has 0 bridgehead atoms. The largest absolute Gasteiger partial charge is 4.00 e.